The maximum Gasteiger partial charge on any atom is 0.249 e. The molecule has 0 spiro atoms. The van der Waals surface area contributed by atoms with Crippen LogP contribution >= 0.6 is 0 Å². The summed E-state index contributed by atoms with van der Waals surface area (Å²) < 4.78 is 0. The second-order valence-electron chi connectivity index (χ2n) is 3.57. The van der Waals surface area contributed by atoms with E-state index in [0.717, 1.165) is 12.8 Å². The van der Waals surface area contributed by atoms with Crippen molar-refractivity contribution in [2.45, 2.75) is 44.2 Å². The van der Waals surface area contributed by atoms with E-state index in [2.05, 4.69) is 11.4 Å². The maximum absolute atomic E-state index is 11.2. The molecule has 0 aromatic rings. The lowest BCUT2D eigenvalue weighted by Gasteiger charge is -2.22. The average Bonchev–Trinajstić information content (AvgIpc) is 2.54. The van der Waals surface area contributed by atoms with E-state index < -0.39 is 17.6 Å². The first kappa shape index (κ1) is 10.0. The Morgan fingerprint density at radius 1 is 1.62 bits per heavy atom. The van der Waals surface area contributed by atoms with Gasteiger partial charge in [0.2, 0.25) is 5.91 Å². The molecular formula is C9H14N2O2. The lowest BCUT2D eigenvalue weighted by atomic mass is 9.99. The number of carbonyl (C=O) groups is 1. The number of nitrogens with one attached hydrogen (secondary N) is 1. The second-order valence-corrected chi connectivity index (χ2v) is 3.57. The van der Waals surface area contributed by atoms with Gasteiger partial charge in [-0.25, -0.2) is 0 Å². The highest BCUT2D eigenvalue weighted by atomic mass is 16.3. The Kier molecular flexibility index (Phi) is 2.89. The number of hydrogen-bond donors (Lipinski definition) is 2. The fourth-order valence-electron chi connectivity index (χ4n) is 1.58. The van der Waals surface area contributed by atoms with Gasteiger partial charge in [-0.2, -0.15) is 5.26 Å². The quantitative estimate of drug-likeness (QED) is 0.646. The molecule has 0 aromatic carbocycles. The molecule has 4 heteroatoms. The fourth-order valence-corrected chi connectivity index (χ4v) is 1.58. The molecule has 2 N–H and O–H groups in total. The highest BCUT2D eigenvalue weighted by Gasteiger charge is 2.35. The fraction of sp³-hybridized carbons (Fsp3) is 0.778. The van der Waals surface area contributed by atoms with E-state index in [0.29, 0.717) is 12.8 Å². The first-order valence-electron chi connectivity index (χ1n) is 4.51. The molecule has 1 aliphatic rings. The third-order valence-corrected chi connectivity index (χ3v) is 2.41. The molecule has 1 aliphatic carbocycles. The summed E-state index contributed by atoms with van der Waals surface area (Å²) in [5.74, 6) is -0.455. The smallest absolute Gasteiger partial charge is 0.249 e. The average molecular weight is 182 g/mol. The summed E-state index contributed by atoms with van der Waals surface area (Å²) in [6.07, 6.45) is 2.29. The second kappa shape index (κ2) is 3.75. The van der Waals surface area contributed by atoms with Gasteiger partial charge in [0.15, 0.2) is 0 Å². The van der Waals surface area contributed by atoms with Crippen LogP contribution in [0, 0.1) is 11.3 Å². The van der Waals surface area contributed by atoms with Crippen LogP contribution in [0.4, 0.5) is 0 Å². The Bertz CT molecular complexity index is 236. The summed E-state index contributed by atoms with van der Waals surface area (Å²) in [7, 11) is 0. The summed E-state index contributed by atoms with van der Waals surface area (Å²) in [6.45, 7) is 1.40. The van der Waals surface area contributed by atoms with Crippen molar-refractivity contribution in [3.63, 3.8) is 0 Å². The Labute approximate surface area is 77.6 Å². The van der Waals surface area contributed by atoms with Crippen molar-refractivity contribution >= 4 is 5.91 Å². The van der Waals surface area contributed by atoms with Crippen molar-refractivity contribution < 1.29 is 9.90 Å². The van der Waals surface area contributed by atoms with Crippen molar-refractivity contribution in [3.8, 4) is 6.07 Å². The number of carbonyl (C=O) groups excluding carboxylic acids is 1. The number of nitrogens with zero attached hydrogens (tertiary/aromatic N) is 1. The molecule has 0 aliphatic heterocycles. The molecule has 1 fully saturated rings. The van der Waals surface area contributed by atoms with Gasteiger partial charge in [0.05, 0.1) is 6.07 Å². The molecule has 0 saturated heterocycles. The highest BCUT2D eigenvalue weighted by molar-refractivity contribution is 5.81. The Morgan fingerprint density at radius 2 is 2.15 bits per heavy atom. The zero-order valence-electron chi connectivity index (χ0n) is 7.71. The van der Waals surface area contributed by atoms with Crippen LogP contribution in [0.2, 0.25) is 0 Å². The van der Waals surface area contributed by atoms with E-state index in [1.54, 1.807) is 0 Å². The minimum atomic E-state index is -1.04. The molecule has 13 heavy (non-hydrogen) atoms. The third-order valence-electron chi connectivity index (χ3n) is 2.41. The predicted molar refractivity (Wildman–Crippen MR) is 46.6 cm³/mol. The van der Waals surface area contributed by atoms with E-state index >= 15 is 0 Å². The van der Waals surface area contributed by atoms with E-state index in [9.17, 15) is 4.79 Å². The zero-order valence-corrected chi connectivity index (χ0v) is 7.71. The first-order valence-corrected chi connectivity index (χ1v) is 4.51. The van der Waals surface area contributed by atoms with Gasteiger partial charge < -0.3 is 10.4 Å². The van der Waals surface area contributed by atoms with E-state index in [1.807, 2.05) is 0 Å². The van der Waals surface area contributed by atoms with Crippen molar-refractivity contribution in [2.24, 2.45) is 0 Å². The van der Waals surface area contributed by atoms with Gasteiger partial charge in [0.1, 0.15) is 11.6 Å². The van der Waals surface area contributed by atoms with Gasteiger partial charge in [-0.15, -0.1) is 0 Å². The lowest BCUT2D eigenvalue weighted by molar-refractivity contribution is -0.129. The summed E-state index contributed by atoms with van der Waals surface area (Å²) in [5.41, 5.74) is -0.714. The Balaban J connectivity index is 2.60. The number of hydrogen-bond acceptors (Lipinski definition) is 3. The minimum absolute atomic E-state index is 0.455. The molecular weight excluding hydrogens is 168 g/mol. The molecule has 1 rings (SSSR count). The summed E-state index contributed by atoms with van der Waals surface area (Å²) >= 11 is 0. The maximum atomic E-state index is 11.2. The normalized spacial score (nSPS) is 21.9. The van der Waals surface area contributed by atoms with Crippen molar-refractivity contribution in [3.05, 3.63) is 0 Å². The molecule has 72 valence electrons. The van der Waals surface area contributed by atoms with Gasteiger partial charge in [-0.3, -0.25) is 4.79 Å². The Hall–Kier alpha value is -1.08. The van der Waals surface area contributed by atoms with Crippen molar-refractivity contribution in [1.82, 2.24) is 5.32 Å². The van der Waals surface area contributed by atoms with Gasteiger partial charge in [0, 0.05) is 0 Å². The van der Waals surface area contributed by atoms with Gasteiger partial charge in [-0.1, -0.05) is 0 Å². The number of rotatable bonds is 2. The van der Waals surface area contributed by atoms with E-state index in [4.69, 9.17) is 10.4 Å². The Morgan fingerprint density at radius 3 is 2.54 bits per heavy atom. The zero-order chi connectivity index (χ0) is 9.90. The standard InChI is InChI=1S/C9H14N2O2/c1-7(12)8(13)11-9(6-10)4-2-3-5-9/h7,12H,2-5H2,1H3,(H,11,13)/t7-/m1/s1. The van der Waals surface area contributed by atoms with Gasteiger partial charge in [-0.05, 0) is 32.6 Å². The van der Waals surface area contributed by atoms with Crippen molar-refractivity contribution in [2.75, 3.05) is 0 Å². The number of aliphatic hydroxyl groups is 1. The van der Waals surface area contributed by atoms with E-state index in [1.165, 1.54) is 6.92 Å². The molecule has 0 aromatic heterocycles. The minimum Gasteiger partial charge on any atom is -0.384 e. The summed E-state index contributed by atoms with van der Waals surface area (Å²) in [5, 5.41) is 20.5. The molecule has 4 nitrogen and oxygen atoms in total. The molecule has 0 bridgehead atoms. The highest BCUT2D eigenvalue weighted by Crippen LogP contribution is 2.28. The van der Waals surface area contributed by atoms with Crippen LogP contribution in [-0.2, 0) is 4.79 Å². The molecule has 0 radical (unpaired) electrons. The van der Waals surface area contributed by atoms with Crippen molar-refractivity contribution in [1.29, 1.82) is 5.26 Å². The number of nitriles is 1. The first-order chi connectivity index (χ1) is 6.09. The molecule has 0 unspecified atom stereocenters. The van der Waals surface area contributed by atoms with E-state index in [-0.39, 0.29) is 0 Å². The van der Waals surface area contributed by atoms with Crippen LogP contribution < -0.4 is 5.32 Å². The van der Waals surface area contributed by atoms with Crippen LogP contribution in [0.5, 0.6) is 0 Å². The largest absolute Gasteiger partial charge is 0.384 e. The van der Waals surface area contributed by atoms with Gasteiger partial charge in [0.25, 0.3) is 0 Å². The van der Waals surface area contributed by atoms with Crippen LogP contribution in [0.1, 0.15) is 32.6 Å². The molecule has 1 atom stereocenters. The monoisotopic (exact) mass is 182 g/mol. The van der Waals surface area contributed by atoms with Gasteiger partial charge >= 0.3 is 0 Å². The summed E-state index contributed by atoms with van der Waals surface area (Å²) in [4.78, 5) is 11.2. The SMILES string of the molecule is C[C@@H](O)C(=O)NC1(C#N)CCCC1. The number of aliphatic hydroxyl groups excluding tert-OH is 1. The topological polar surface area (TPSA) is 73.1 Å². The van der Waals surface area contributed by atoms with Crippen LogP contribution in [0.3, 0.4) is 0 Å². The third kappa shape index (κ3) is 2.19. The molecule has 1 amide bonds. The van der Waals surface area contributed by atoms with Crippen LogP contribution in [-0.4, -0.2) is 22.7 Å². The predicted octanol–water partition coefficient (Wildman–Crippen LogP) is 0.320. The van der Waals surface area contributed by atoms with Crippen LogP contribution in [0.25, 0.3) is 0 Å². The molecule has 0 heterocycles. The lowest BCUT2D eigenvalue weighted by Crippen LogP contribution is -2.48. The van der Waals surface area contributed by atoms with Crippen LogP contribution in [0.15, 0.2) is 0 Å². The number of amides is 1. The molecule has 1 saturated carbocycles. The summed E-state index contributed by atoms with van der Waals surface area (Å²) in [6, 6.07) is 2.12.